The lowest BCUT2D eigenvalue weighted by atomic mass is 9.93. The zero-order valence-corrected chi connectivity index (χ0v) is 13.0. The van der Waals surface area contributed by atoms with E-state index in [0.29, 0.717) is 17.7 Å². The number of benzene rings is 1. The van der Waals surface area contributed by atoms with E-state index in [1.54, 1.807) is 45.0 Å². The van der Waals surface area contributed by atoms with Gasteiger partial charge < -0.3 is 15.2 Å². The number of carbonyl (C=O) groups is 3. The molecule has 0 fully saturated rings. The van der Waals surface area contributed by atoms with Crippen LogP contribution in [-0.4, -0.2) is 35.9 Å². The third-order valence-electron chi connectivity index (χ3n) is 3.24. The Hall–Kier alpha value is -2.37. The molecule has 1 atom stereocenters. The number of carboxylic acid groups (broad SMARTS) is 1. The maximum atomic E-state index is 12.2. The van der Waals surface area contributed by atoms with E-state index in [2.05, 4.69) is 5.32 Å². The number of hydrogen-bond acceptors (Lipinski definition) is 4. The first-order valence-electron chi connectivity index (χ1n) is 7.02. The Balaban J connectivity index is 2.63. The third kappa shape index (κ3) is 4.87. The summed E-state index contributed by atoms with van der Waals surface area (Å²) in [6.07, 6.45) is 1.04. The number of ether oxygens (including phenoxy) is 1. The lowest BCUT2D eigenvalue weighted by Crippen LogP contribution is -2.48. The fourth-order valence-corrected chi connectivity index (χ4v) is 1.66. The Labute approximate surface area is 129 Å². The highest BCUT2D eigenvalue weighted by molar-refractivity contribution is 5.87. The summed E-state index contributed by atoms with van der Waals surface area (Å²) in [5.74, 6) is -0.903. The van der Waals surface area contributed by atoms with Crippen molar-refractivity contribution in [2.75, 3.05) is 6.61 Å². The first kappa shape index (κ1) is 17.7. The molecule has 0 spiro atoms. The van der Waals surface area contributed by atoms with Crippen molar-refractivity contribution in [3.05, 3.63) is 29.8 Å². The predicted octanol–water partition coefficient (Wildman–Crippen LogP) is 1.88. The largest absolute Gasteiger partial charge is 0.492 e. The molecule has 1 aromatic rings. The number of nitrogens with one attached hydrogen (secondary N) is 1. The van der Waals surface area contributed by atoms with Crippen LogP contribution in [0.2, 0.25) is 0 Å². The fourth-order valence-electron chi connectivity index (χ4n) is 1.66. The van der Waals surface area contributed by atoms with Crippen molar-refractivity contribution in [3.8, 4) is 5.75 Å². The second-order valence-electron chi connectivity index (χ2n) is 5.63. The molecule has 1 rings (SSSR count). The second-order valence-corrected chi connectivity index (χ2v) is 5.63. The van der Waals surface area contributed by atoms with Crippen molar-refractivity contribution in [3.63, 3.8) is 0 Å². The molecule has 0 saturated heterocycles. The fraction of sp³-hybridized carbons (Fsp3) is 0.438. The van der Waals surface area contributed by atoms with Gasteiger partial charge in [0.25, 0.3) is 0 Å². The molecular weight excluding hydrogens is 286 g/mol. The quantitative estimate of drug-likeness (QED) is 0.715. The van der Waals surface area contributed by atoms with Gasteiger partial charge in [0, 0.05) is 5.56 Å². The maximum absolute atomic E-state index is 12.2. The molecule has 1 aromatic carbocycles. The van der Waals surface area contributed by atoms with Gasteiger partial charge in [0.15, 0.2) is 0 Å². The Kier molecular flexibility index (Phi) is 6.10. The van der Waals surface area contributed by atoms with Crippen molar-refractivity contribution in [2.24, 2.45) is 5.41 Å². The lowest BCUT2D eigenvalue weighted by molar-refractivity contribution is -0.144. The Morgan fingerprint density at radius 1 is 1.32 bits per heavy atom. The van der Waals surface area contributed by atoms with Gasteiger partial charge in [-0.15, -0.1) is 0 Å². The molecule has 22 heavy (non-hydrogen) atoms. The summed E-state index contributed by atoms with van der Waals surface area (Å²) < 4.78 is 5.54. The molecule has 0 aliphatic rings. The molecule has 6 nitrogen and oxygen atoms in total. The summed E-state index contributed by atoms with van der Waals surface area (Å²) in [6, 6.07) is 5.62. The molecule has 0 aliphatic heterocycles. The number of aldehydes is 1. The summed E-state index contributed by atoms with van der Waals surface area (Å²) in [5.41, 5.74) is -0.344. The van der Waals surface area contributed by atoms with Crippen molar-refractivity contribution in [1.82, 2.24) is 5.32 Å². The zero-order valence-electron chi connectivity index (χ0n) is 13.0. The van der Waals surface area contributed by atoms with E-state index in [-0.39, 0.29) is 12.5 Å². The number of hydrogen-bond donors (Lipinski definition) is 2. The molecule has 0 aromatic heterocycles. The minimum atomic E-state index is -1.06. The van der Waals surface area contributed by atoms with E-state index in [1.807, 2.05) is 0 Å². The van der Waals surface area contributed by atoms with Crippen molar-refractivity contribution in [2.45, 2.75) is 33.2 Å². The van der Waals surface area contributed by atoms with Crippen LogP contribution in [0.15, 0.2) is 24.3 Å². The van der Waals surface area contributed by atoms with Gasteiger partial charge in [-0.25, -0.2) is 4.79 Å². The molecule has 1 unspecified atom stereocenters. The van der Waals surface area contributed by atoms with Crippen LogP contribution in [0.25, 0.3) is 0 Å². The summed E-state index contributed by atoms with van der Waals surface area (Å²) in [4.78, 5) is 33.7. The predicted molar refractivity (Wildman–Crippen MR) is 81.0 cm³/mol. The van der Waals surface area contributed by atoms with Gasteiger partial charge in [-0.2, -0.15) is 0 Å². The normalized spacial score (nSPS) is 12.3. The lowest BCUT2D eigenvalue weighted by Gasteiger charge is -2.25. The highest BCUT2D eigenvalue weighted by atomic mass is 16.5. The zero-order chi connectivity index (χ0) is 16.8. The smallest absolute Gasteiger partial charge is 0.326 e. The van der Waals surface area contributed by atoms with Crippen LogP contribution in [0.1, 0.15) is 37.6 Å². The molecule has 0 bridgehead atoms. The van der Waals surface area contributed by atoms with Crippen LogP contribution in [-0.2, 0) is 9.59 Å². The topological polar surface area (TPSA) is 92.7 Å². The van der Waals surface area contributed by atoms with Gasteiger partial charge in [-0.1, -0.05) is 6.92 Å². The Morgan fingerprint density at radius 2 is 1.91 bits per heavy atom. The number of amides is 1. The molecule has 6 heteroatoms. The van der Waals surface area contributed by atoms with Crippen LogP contribution in [0.4, 0.5) is 0 Å². The van der Waals surface area contributed by atoms with Gasteiger partial charge in [-0.3, -0.25) is 9.59 Å². The summed E-state index contributed by atoms with van der Waals surface area (Å²) in [5, 5.41) is 11.5. The van der Waals surface area contributed by atoms with E-state index in [1.165, 1.54) is 0 Å². The summed E-state index contributed by atoms with van der Waals surface area (Å²) in [7, 11) is 0. The van der Waals surface area contributed by atoms with Gasteiger partial charge in [0.1, 0.15) is 24.7 Å². The minimum Gasteiger partial charge on any atom is -0.492 e. The monoisotopic (exact) mass is 307 g/mol. The molecule has 120 valence electrons. The standard InChI is InChI=1S/C16H21NO5/c1-4-13(14(19)20)17-15(21)16(2,3)10-22-12-7-5-11(9-18)6-8-12/h5-9,13H,4,10H2,1-3H3,(H,17,21)(H,19,20). The highest BCUT2D eigenvalue weighted by Crippen LogP contribution is 2.19. The molecule has 2 N–H and O–H groups in total. The van der Waals surface area contributed by atoms with Gasteiger partial charge in [-0.05, 0) is 44.5 Å². The van der Waals surface area contributed by atoms with E-state index >= 15 is 0 Å². The molecule has 0 saturated carbocycles. The first-order valence-corrected chi connectivity index (χ1v) is 7.02. The average Bonchev–Trinajstić information content (AvgIpc) is 2.50. The first-order chi connectivity index (χ1) is 10.3. The number of carbonyl (C=O) groups excluding carboxylic acids is 2. The number of rotatable bonds is 8. The SMILES string of the molecule is CCC(NC(=O)C(C)(C)COc1ccc(C=O)cc1)C(=O)O. The molecular formula is C16H21NO5. The Bertz CT molecular complexity index is 536. The van der Waals surface area contributed by atoms with Crippen molar-refractivity contribution >= 4 is 18.2 Å². The molecule has 1 amide bonds. The van der Waals surface area contributed by atoms with Gasteiger partial charge in [0.2, 0.25) is 5.91 Å². The Morgan fingerprint density at radius 3 is 2.36 bits per heavy atom. The highest BCUT2D eigenvalue weighted by Gasteiger charge is 2.31. The van der Waals surface area contributed by atoms with Crippen LogP contribution in [0.3, 0.4) is 0 Å². The third-order valence-corrected chi connectivity index (χ3v) is 3.24. The van der Waals surface area contributed by atoms with Crippen LogP contribution in [0, 0.1) is 5.41 Å². The van der Waals surface area contributed by atoms with Gasteiger partial charge >= 0.3 is 5.97 Å². The van der Waals surface area contributed by atoms with E-state index in [0.717, 1.165) is 6.29 Å². The van der Waals surface area contributed by atoms with Crippen molar-refractivity contribution in [1.29, 1.82) is 0 Å². The van der Waals surface area contributed by atoms with Crippen LogP contribution >= 0.6 is 0 Å². The summed E-state index contributed by atoms with van der Waals surface area (Å²) in [6.45, 7) is 5.14. The van der Waals surface area contributed by atoms with E-state index < -0.39 is 17.4 Å². The van der Waals surface area contributed by atoms with E-state index in [9.17, 15) is 14.4 Å². The maximum Gasteiger partial charge on any atom is 0.326 e. The molecule has 0 heterocycles. The second kappa shape index (κ2) is 7.59. The van der Waals surface area contributed by atoms with E-state index in [4.69, 9.17) is 9.84 Å². The van der Waals surface area contributed by atoms with Crippen LogP contribution in [0.5, 0.6) is 5.75 Å². The average molecular weight is 307 g/mol. The number of carboxylic acids is 1. The number of aliphatic carboxylic acids is 1. The van der Waals surface area contributed by atoms with Gasteiger partial charge in [0.05, 0.1) is 5.41 Å². The summed E-state index contributed by atoms with van der Waals surface area (Å²) >= 11 is 0. The minimum absolute atomic E-state index is 0.0926. The molecule has 0 radical (unpaired) electrons. The van der Waals surface area contributed by atoms with Crippen molar-refractivity contribution < 1.29 is 24.2 Å². The molecule has 0 aliphatic carbocycles. The van der Waals surface area contributed by atoms with Crippen LogP contribution < -0.4 is 10.1 Å².